The molecule has 0 aliphatic carbocycles. The first-order chi connectivity index (χ1) is 10.3. The number of rotatable bonds is 3. The Hall–Kier alpha value is -2.75. The highest BCUT2D eigenvalue weighted by Gasteiger charge is 2.30. The number of hydrogen-bond acceptors (Lipinski definition) is 3. The van der Waals surface area contributed by atoms with E-state index < -0.39 is 0 Å². The van der Waals surface area contributed by atoms with Gasteiger partial charge in [0.05, 0.1) is 24.3 Å². The molecule has 21 heavy (non-hydrogen) atoms. The van der Waals surface area contributed by atoms with E-state index in [0.717, 1.165) is 22.4 Å². The zero-order chi connectivity index (χ0) is 14.2. The molecule has 1 aliphatic rings. The van der Waals surface area contributed by atoms with Crippen molar-refractivity contribution in [1.82, 2.24) is 14.5 Å². The Kier molecular flexibility index (Phi) is 2.67. The molecule has 1 atom stereocenters. The molecule has 3 aromatic rings. The minimum atomic E-state index is 0.00760. The Morgan fingerprint density at radius 2 is 1.95 bits per heavy atom. The van der Waals surface area contributed by atoms with Crippen LogP contribution in [0.4, 0.5) is 0 Å². The van der Waals surface area contributed by atoms with Crippen molar-refractivity contribution in [3.63, 3.8) is 0 Å². The molecule has 0 saturated carbocycles. The number of Topliss-reactive ketones (excluding diaryl/α,β-unsaturated/α-hetero) is 1. The van der Waals surface area contributed by atoms with E-state index in [1.54, 1.807) is 12.5 Å². The van der Waals surface area contributed by atoms with Gasteiger partial charge in [-0.15, -0.1) is 0 Å². The van der Waals surface area contributed by atoms with Crippen molar-refractivity contribution in [3.8, 4) is 11.3 Å². The van der Waals surface area contributed by atoms with Gasteiger partial charge in [0.1, 0.15) is 0 Å². The number of pyridine rings is 1. The average molecular weight is 275 g/mol. The van der Waals surface area contributed by atoms with Crippen LogP contribution in [0.3, 0.4) is 0 Å². The number of carbonyl (C=O) groups is 1. The number of ketones is 1. The van der Waals surface area contributed by atoms with Crippen LogP contribution in [-0.4, -0.2) is 20.3 Å². The van der Waals surface area contributed by atoms with Gasteiger partial charge in [-0.05, 0) is 11.6 Å². The van der Waals surface area contributed by atoms with Crippen molar-refractivity contribution in [2.75, 3.05) is 0 Å². The summed E-state index contributed by atoms with van der Waals surface area (Å²) in [6.07, 6.45) is 7.67. The fourth-order valence-electron chi connectivity index (χ4n) is 2.95. The summed E-state index contributed by atoms with van der Waals surface area (Å²) in [6.45, 7) is 0. The van der Waals surface area contributed by atoms with Crippen LogP contribution in [-0.2, 0) is 0 Å². The lowest BCUT2D eigenvalue weighted by Gasteiger charge is -2.13. The zero-order valence-electron chi connectivity index (χ0n) is 11.3. The second kappa shape index (κ2) is 4.66. The second-order valence-corrected chi connectivity index (χ2v) is 5.16. The smallest absolute Gasteiger partial charge is 0.165 e. The molecule has 0 N–H and O–H groups in total. The highest BCUT2D eigenvalue weighted by Crippen LogP contribution is 2.40. The first-order valence-electron chi connectivity index (χ1n) is 6.89. The topological polar surface area (TPSA) is 47.8 Å². The Bertz CT molecular complexity index is 808. The summed E-state index contributed by atoms with van der Waals surface area (Å²) in [5.41, 5.74) is 4.00. The number of nitrogens with zero attached hydrogens (tertiary/aromatic N) is 3. The molecule has 4 nitrogen and oxygen atoms in total. The number of imidazole rings is 1. The van der Waals surface area contributed by atoms with E-state index in [2.05, 4.69) is 14.5 Å². The third kappa shape index (κ3) is 1.88. The van der Waals surface area contributed by atoms with E-state index in [4.69, 9.17) is 0 Å². The molecule has 0 radical (unpaired) electrons. The lowest BCUT2D eigenvalue weighted by Crippen LogP contribution is -2.11. The van der Waals surface area contributed by atoms with Crippen LogP contribution in [0.15, 0.2) is 61.3 Å². The van der Waals surface area contributed by atoms with Gasteiger partial charge in [-0.2, -0.15) is 0 Å². The molecule has 0 bridgehead atoms. The fourth-order valence-corrected chi connectivity index (χ4v) is 2.95. The molecule has 0 saturated heterocycles. The Balaban J connectivity index is 1.72. The number of aromatic nitrogens is 3. The molecule has 0 spiro atoms. The van der Waals surface area contributed by atoms with Gasteiger partial charge in [0.2, 0.25) is 0 Å². The number of benzene rings is 1. The maximum atomic E-state index is 12.5. The molecule has 102 valence electrons. The molecule has 3 heterocycles. The average Bonchev–Trinajstić information content (AvgIpc) is 3.11. The van der Waals surface area contributed by atoms with Crippen molar-refractivity contribution < 1.29 is 4.79 Å². The summed E-state index contributed by atoms with van der Waals surface area (Å²) in [6, 6.07) is 11.4. The van der Waals surface area contributed by atoms with Gasteiger partial charge < -0.3 is 4.57 Å². The van der Waals surface area contributed by atoms with Crippen LogP contribution in [0.25, 0.3) is 11.3 Å². The first kappa shape index (κ1) is 12.0. The molecular formula is C17H13N3O. The van der Waals surface area contributed by atoms with E-state index in [9.17, 15) is 4.79 Å². The van der Waals surface area contributed by atoms with Gasteiger partial charge in [0.15, 0.2) is 5.78 Å². The maximum absolute atomic E-state index is 12.5. The summed E-state index contributed by atoms with van der Waals surface area (Å²) < 4.78 is 2.06. The van der Waals surface area contributed by atoms with E-state index >= 15 is 0 Å². The lowest BCUT2D eigenvalue weighted by atomic mass is 9.98. The van der Waals surface area contributed by atoms with E-state index in [1.807, 2.05) is 48.8 Å². The van der Waals surface area contributed by atoms with Crippen molar-refractivity contribution in [2.45, 2.75) is 12.5 Å². The predicted molar refractivity (Wildman–Crippen MR) is 79.0 cm³/mol. The van der Waals surface area contributed by atoms with Crippen molar-refractivity contribution >= 4 is 5.78 Å². The SMILES string of the molecule is O=C(CC1c2ccncc2-c2cncn21)c1ccccc1. The van der Waals surface area contributed by atoms with Crippen LogP contribution < -0.4 is 0 Å². The molecule has 4 heteroatoms. The highest BCUT2D eigenvalue weighted by atomic mass is 16.1. The monoisotopic (exact) mass is 275 g/mol. The van der Waals surface area contributed by atoms with Gasteiger partial charge in [0, 0.05) is 29.9 Å². The van der Waals surface area contributed by atoms with Crippen LogP contribution in [0.1, 0.15) is 28.4 Å². The van der Waals surface area contributed by atoms with Crippen LogP contribution in [0, 0.1) is 0 Å². The van der Waals surface area contributed by atoms with Crippen LogP contribution in [0.5, 0.6) is 0 Å². The van der Waals surface area contributed by atoms with Gasteiger partial charge in [0.25, 0.3) is 0 Å². The summed E-state index contributed by atoms with van der Waals surface area (Å²) in [5.74, 6) is 0.143. The molecule has 1 aliphatic heterocycles. The van der Waals surface area contributed by atoms with Crippen molar-refractivity contribution in [1.29, 1.82) is 0 Å². The largest absolute Gasteiger partial charge is 0.322 e. The van der Waals surface area contributed by atoms with Gasteiger partial charge in [-0.25, -0.2) is 4.98 Å². The number of hydrogen-bond donors (Lipinski definition) is 0. The predicted octanol–water partition coefficient (Wildman–Crippen LogP) is 3.12. The maximum Gasteiger partial charge on any atom is 0.165 e. The quantitative estimate of drug-likeness (QED) is 0.690. The summed E-state index contributed by atoms with van der Waals surface area (Å²) in [5, 5.41) is 0. The summed E-state index contributed by atoms with van der Waals surface area (Å²) >= 11 is 0. The molecule has 0 amide bonds. The minimum Gasteiger partial charge on any atom is -0.322 e. The molecule has 4 rings (SSSR count). The standard InChI is InChI=1S/C17H13N3O/c21-17(12-4-2-1-3-5-12)8-15-13-6-7-18-9-14(13)16-10-19-11-20(15)16/h1-7,9-11,15H,8H2. The molecular weight excluding hydrogens is 262 g/mol. The van der Waals surface area contributed by atoms with Gasteiger partial charge in [-0.1, -0.05) is 30.3 Å². The summed E-state index contributed by atoms with van der Waals surface area (Å²) in [7, 11) is 0. The Labute approximate surface area is 122 Å². The third-order valence-electron chi connectivity index (χ3n) is 3.97. The molecule has 0 fully saturated rings. The van der Waals surface area contributed by atoms with Crippen LogP contribution >= 0.6 is 0 Å². The minimum absolute atomic E-state index is 0.00760. The molecule has 1 aromatic carbocycles. The van der Waals surface area contributed by atoms with Crippen molar-refractivity contribution in [2.24, 2.45) is 0 Å². The van der Waals surface area contributed by atoms with Gasteiger partial charge in [-0.3, -0.25) is 9.78 Å². The Morgan fingerprint density at radius 3 is 2.81 bits per heavy atom. The highest BCUT2D eigenvalue weighted by molar-refractivity contribution is 5.96. The fraction of sp³-hybridized carbons (Fsp3) is 0.118. The summed E-state index contributed by atoms with van der Waals surface area (Å²) in [4.78, 5) is 20.9. The van der Waals surface area contributed by atoms with Crippen LogP contribution in [0.2, 0.25) is 0 Å². The number of fused-ring (bicyclic) bond motifs is 3. The lowest BCUT2D eigenvalue weighted by molar-refractivity contribution is 0.0970. The van der Waals surface area contributed by atoms with E-state index in [0.29, 0.717) is 6.42 Å². The van der Waals surface area contributed by atoms with Crippen molar-refractivity contribution in [3.05, 3.63) is 72.4 Å². The van der Waals surface area contributed by atoms with E-state index in [-0.39, 0.29) is 11.8 Å². The number of carbonyl (C=O) groups excluding carboxylic acids is 1. The molecule has 1 unspecified atom stereocenters. The molecule has 2 aromatic heterocycles. The first-order valence-corrected chi connectivity index (χ1v) is 6.89. The van der Waals surface area contributed by atoms with Gasteiger partial charge >= 0.3 is 0 Å². The zero-order valence-corrected chi connectivity index (χ0v) is 11.3. The van der Waals surface area contributed by atoms with E-state index in [1.165, 1.54) is 0 Å². The second-order valence-electron chi connectivity index (χ2n) is 5.16. The normalized spacial score (nSPS) is 15.5. The third-order valence-corrected chi connectivity index (χ3v) is 3.97. The Morgan fingerprint density at radius 1 is 1.10 bits per heavy atom.